The molecule has 25 heavy (non-hydrogen) atoms. The number of hydrogen-bond acceptors (Lipinski definition) is 3. The third-order valence-electron chi connectivity index (χ3n) is 5.06. The molecule has 4 rings (SSSR count). The highest BCUT2D eigenvalue weighted by atomic mass is 32.1. The van der Waals surface area contributed by atoms with Crippen LogP contribution in [0, 0.1) is 5.92 Å². The molecule has 2 amide bonds. The van der Waals surface area contributed by atoms with Crippen LogP contribution in [0.2, 0.25) is 0 Å². The van der Waals surface area contributed by atoms with Gasteiger partial charge in [0.05, 0.1) is 4.88 Å². The molecular weight excluding hydrogens is 332 g/mol. The second-order valence-corrected chi connectivity index (χ2v) is 8.19. The van der Waals surface area contributed by atoms with Gasteiger partial charge >= 0.3 is 0 Å². The number of benzene rings is 1. The molecule has 0 radical (unpaired) electrons. The number of hydrogen-bond donors (Lipinski definition) is 1. The van der Waals surface area contributed by atoms with Crippen molar-refractivity contribution in [2.75, 3.05) is 16.8 Å². The summed E-state index contributed by atoms with van der Waals surface area (Å²) in [6.45, 7) is 3.05. The number of carbonyl (C=O) groups excluding carboxylic acids is 2. The molecule has 1 saturated heterocycles. The number of amides is 2. The van der Waals surface area contributed by atoms with Crippen LogP contribution in [-0.2, 0) is 17.6 Å². The van der Waals surface area contributed by atoms with E-state index in [9.17, 15) is 9.59 Å². The molecule has 2 aliphatic rings. The van der Waals surface area contributed by atoms with E-state index in [-0.39, 0.29) is 11.8 Å². The lowest BCUT2D eigenvalue weighted by Crippen LogP contribution is -2.23. The summed E-state index contributed by atoms with van der Waals surface area (Å²) in [5.41, 5.74) is 3.01. The van der Waals surface area contributed by atoms with E-state index in [0.717, 1.165) is 42.1 Å². The van der Waals surface area contributed by atoms with Crippen molar-refractivity contribution >= 4 is 34.5 Å². The molecule has 1 aromatic heterocycles. The summed E-state index contributed by atoms with van der Waals surface area (Å²) in [4.78, 5) is 28.3. The molecule has 4 nitrogen and oxygen atoms in total. The fourth-order valence-electron chi connectivity index (χ4n) is 3.66. The molecule has 1 N–H and O–H groups in total. The smallest absolute Gasteiger partial charge is 0.265 e. The Morgan fingerprint density at radius 1 is 1.24 bits per heavy atom. The van der Waals surface area contributed by atoms with E-state index in [4.69, 9.17) is 0 Å². The lowest BCUT2D eigenvalue weighted by Gasteiger charge is -2.16. The van der Waals surface area contributed by atoms with Gasteiger partial charge in [-0.05, 0) is 67.5 Å². The van der Waals surface area contributed by atoms with Crippen LogP contribution in [-0.4, -0.2) is 18.4 Å². The Morgan fingerprint density at radius 2 is 2.04 bits per heavy atom. The fourth-order valence-corrected chi connectivity index (χ4v) is 4.76. The third kappa shape index (κ3) is 3.33. The quantitative estimate of drug-likeness (QED) is 0.896. The first-order valence-corrected chi connectivity index (χ1v) is 9.75. The van der Waals surface area contributed by atoms with Gasteiger partial charge in [-0.25, -0.2) is 0 Å². The predicted molar refractivity (Wildman–Crippen MR) is 101 cm³/mol. The SMILES string of the molecule is C[C@H]1CCc2sc(C(=O)Nc3ccc(N4CCCC4=O)cc3)cc2C1. The van der Waals surface area contributed by atoms with Gasteiger partial charge < -0.3 is 10.2 Å². The van der Waals surface area contributed by atoms with E-state index < -0.39 is 0 Å². The fraction of sp³-hybridized carbons (Fsp3) is 0.400. The third-order valence-corrected chi connectivity index (χ3v) is 6.30. The van der Waals surface area contributed by atoms with Crippen molar-refractivity contribution in [2.24, 2.45) is 5.92 Å². The normalized spacial score (nSPS) is 19.8. The predicted octanol–water partition coefficient (Wildman–Crippen LogP) is 4.25. The molecule has 0 bridgehead atoms. The Balaban J connectivity index is 1.45. The van der Waals surface area contributed by atoms with E-state index in [1.165, 1.54) is 16.9 Å². The zero-order valence-electron chi connectivity index (χ0n) is 14.4. The van der Waals surface area contributed by atoms with Crippen LogP contribution in [0.3, 0.4) is 0 Å². The zero-order valence-corrected chi connectivity index (χ0v) is 15.2. The lowest BCUT2D eigenvalue weighted by atomic mass is 9.90. The number of thiophene rings is 1. The maximum Gasteiger partial charge on any atom is 0.265 e. The summed E-state index contributed by atoms with van der Waals surface area (Å²) in [6, 6.07) is 9.60. The van der Waals surface area contributed by atoms with E-state index in [2.05, 4.69) is 18.3 Å². The van der Waals surface area contributed by atoms with E-state index in [0.29, 0.717) is 12.3 Å². The minimum absolute atomic E-state index is 0.0444. The van der Waals surface area contributed by atoms with Gasteiger partial charge in [0.1, 0.15) is 0 Å². The largest absolute Gasteiger partial charge is 0.321 e. The summed E-state index contributed by atoms with van der Waals surface area (Å²) in [6.07, 6.45) is 4.93. The van der Waals surface area contributed by atoms with Crippen LogP contribution in [0.15, 0.2) is 30.3 Å². The highest BCUT2D eigenvalue weighted by Gasteiger charge is 2.22. The molecule has 130 valence electrons. The second kappa shape index (κ2) is 6.64. The Kier molecular flexibility index (Phi) is 4.34. The van der Waals surface area contributed by atoms with Crippen molar-refractivity contribution in [3.05, 3.63) is 45.6 Å². The van der Waals surface area contributed by atoms with Crippen LogP contribution >= 0.6 is 11.3 Å². The van der Waals surface area contributed by atoms with E-state index >= 15 is 0 Å². The van der Waals surface area contributed by atoms with Crippen LogP contribution in [0.5, 0.6) is 0 Å². The van der Waals surface area contributed by atoms with Gasteiger partial charge in [-0.2, -0.15) is 0 Å². The number of nitrogens with zero attached hydrogens (tertiary/aromatic N) is 1. The van der Waals surface area contributed by atoms with Gasteiger partial charge in [-0.15, -0.1) is 11.3 Å². The first-order chi connectivity index (χ1) is 12.1. The minimum atomic E-state index is -0.0444. The topological polar surface area (TPSA) is 49.4 Å². The molecule has 1 aliphatic heterocycles. The molecule has 1 atom stereocenters. The highest BCUT2D eigenvalue weighted by Crippen LogP contribution is 2.32. The molecule has 2 heterocycles. The molecule has 0 unspecified atom stereocenters. The average Bonchev–Trinajstić information content (AvgIpc) is 3.21. The Hall–Kier alpha value is -2.14. The van der Waals surface area contributed by atoms with Crippen molar-refractivity contribution < 1.29 is 9.59 Å². The summed E-state index contributed by atoms with van der Waals surface area (Å²) in [7, 11) is 0. The van der Waals surface area contributed by atoms with E-state index in [1.807, 2.05) is 24.3 Å². The second-order valence-electron chi connectivity index (χ2n) is 7.06. The van der Waals surface area contributed by atoms with Crippen molar-refractivity contribution in [1.82, 2.24) is 0 Å². The monoisotopic (exact) mass is 354 g/mol. The molecule has 1 aromatic carbocycles. The van der Waals surface area contributed by atoms with Gasteiger partial charge in [0, 0.05) is 29.2 Å². The van der Waals surface area contributed by atoms with Crippen LogP contribution in [0.25, 0.3) is 0 Å². The summed E-state index contributed by atoms with van der Waals surface area (Å²) in [5.74, 6) is 0.839. The number of carbonyl (C=O) groups is 2. The van der Waals surface area contributed by atoms with Gasteiger partial charge in [0.25, 0.3) is 5.91 Å². The average molecular weight is 354 g/mol. The number of fused-ring (bicyclic) bond motifs is 1. The summed E-state index contributed by atoms with van der Waals surface area (Å²) < 4.78 is 0. The molecular formula is C20H22N2O2S. The molecule has 2 aromatic rings. The Morgan fingerprint density at radius 3 is 2.76 bits per heavy atom. The van der Waals surface area contributed by atoms with Crippen molar-refractivity contribution in [3.63, 3.8) is 0 Å². The zero-order chi connectivity index (χ0) is 17.4. The van der Waals surface area contributed by atoms with Crippen LogP contribution in [0.4, 0.5) is 11.4 Å². The number of rotatable bonds is 3. The Bertz CT molecular complexity index is 810. The van der Waals surface area contributed by atoms with Crippen LogP contribution in [0.1, 0.15) is 46.3 Å². The van der Waals surface area contributed by atoms with Crippen molar-refractivity contribution in [3.8, 4) is 0 Å². The van der Waals surface area contributed by atoms with Gasteiger partial charge in [-0.3, -0.25) is 9.59 Å². The van der Waals surface area contributed by atoms with Gasteiger partial charge in [0.2, 0.25) is 5.91 Å². The maximum absolute atomic E-state index is 12.5. The lowest BCUT2D eigenvalue weighted by molar-refractivity contribution is -0.117. The highest BCUT2D eigenvalue weighted by molar-refractivity contribution is 7.14. The van der Waals surface area contributed by atoms with Crippen LogP contribution < -0.4 is 10.2 Å². The standard InChI is InChI=1S/C20H22N2O2S/c1-13-4-9-17-14(11-13)12-18(25-17)20(24)21-15-5-7-16(8-6-15)22-10-2-3-19(22)23/h5-8,12-13H,2-4,9-11H2,1H3,(H,21,24)/t13-/m0/s1. The number of aryl methyl sites for hydroxylation is 1. The molecule has 1 fully saturated rings. The molecule has 0 spiro atoms. The van der Waals surface area contributed by atoms with Crippen molar-refractivity contribution in [1.29, 1.82) is 0 Å². The minimum Gasteiger partial charge on any atom is -0.321 e. The summed E-state index contributed by atoms with van der Waals surface area (Å²) in [5, 5.41) is 2.98. The Labute approximate surface area is 151 Å². The van der Waals surface area contributed by atoms with E-state index in [1.54, 1.807) is 16.2 Å². The molecule has 1 aliphatic carbocycles. The van der Waals surface area contributed by atoms with Crippen molar-refractivity contribution in [2.45, 2.75) is 39.0 Å². The molecule has 5 heteroatoms. The van der Waals surface area contributed by atoms with Gasteiger partial charge in [0.15, 0.2) is 0 Å². The first kappa shape index (κ1) is 16.3. The van der Waals surface area contributed by atoms with Gasteiger partial charge in [-0.1, -0.05) is 6.92 Å². The first-order valence-electron chi connectivity index (χ1n) is 8.93. The summed E-state index contributed by atoms with van der Waals surface area (Å²) >= 11 is 1.62. The maximum atomic E-state index is 12.5. The number of anilines is 2. The number of nitrogens with one attached hydrogen (secondary N) is 1. The molecule has 0 saturated carbocycles.